The van der Waals surface area contributed by atoms with E-state index in [4.69, 9.17) is 4.74 Å². The minimum Gasteiger partial charge on any atom is -0.427 e. The van der Waals surface area contributed by atoms with Gasteiger partial charge in [-0.05, 0) is 69.1 Å². The van der Waals surface area contributed by atoms with Crippen LogP contribution in [0.15, 0.2) is 54.6 Å². The third-order valence-corrected chi connectivity index (χ3v) is 7.35. The lowest BCUT2D eigenvalue weighted by molar-refractivity contribution is -0.132. The second kappa shape index (κ2) is 8.68. The highest BCUT2D eigenvalue weighted by molar-refractivity contribution is 5.94. The van der Waals surface area contributed by atoms with Crippen LogP contribution in [0.3, 0.4) is 0 Å². The van der Waals surface area contributed by atoms with Gasteiger partial charge in [-0.2, -0.15) is 0 Å². The van der Waals surface area contributed by atoms with Crippen molar-refractivity contribution in [1.29, 1.82) is 0 Å². The molecule has 2 aromatic carbocycles. The molecule has 2 fully saturated rings. The van der Waals surface area contributed by atoms with Crippen LogP contribution in [0.5, 0.6) is 5.75 Å². The maximum atomic E-state index is 13.1. The molecule has 6 heteroatoms. The molecule has 2 aromatic rings. The molecule has 6 nitrogen and oxygen atoms in total. The predicted molar refractivity (Wildman–Crippen MR) is 123 cm³/mol. The van der Waals surface area contributed by atoms with E-state index in [2.05, 4.69) is 4.90 Å². The number of ether oxygens (including phenoxy) is 1. The first kappa shape index (κ1) is 22.5. The van der Waals surface area contributed by atoms with Crippen LogP contribution < -0.4 is 4.74 Å². The van der Waals surface area contributed by atoms with Crippen molar-refractivity contribution >= 4 is 11.9 Å². The average Bonchev–Trinajstić information content (AvgIpc) is 2.78. The maximum absolute atomic E-state index is 13.1. The molecule has 1 saturated heterocycles. The Kier molecular flexibility index (Phi) is 6.10. The number of rotatable bonds is 4. The number of aliphatic hydroxyl groups is 1. The van der Waals surface area contributed by atoms with Gasteiger partial charge in [-0.15, -0.1) is 0 Å². The highest BCUT2D eigenvalue weighted by atomic mass is 16.5. The van der Waals surface area contributed by atoms with Crippen LogP contribution in [0.4, 0.5) is 0 Å². The lowest BCUT2D eigenvalue weighted by Crippen LogP contribution is -2.66. The van der Waals surface area contributed by atoms with Gasteiger partial charge in [0.2, 0.25) is 0 Å². The highest BCUT2D eigenvalue weighted by Crippen LogP contribution is 2.52. The molecule has 0 radical (unpaired) electrons. The van der Waals surface area contributed by atoms with E-state index < -0.39 is 11.0 Å². The van der Waals surface area contributed by atoms with Crippen LogP contribution >= 0.6 is 0 Å². The Morgan fingerprint density at radius 2 is 1.88 bits per heavy atom. The van der Waals surface area contributed by atoms with Gasteiger partial charge in [0.05, 0.1) is 5.60 Å². The van der Waals surface area contributed by atoms with Crippen molar-refractivity contribution in [1.82, 2.24) is 9.80 Å². The van der Waals surface area contributed by atoms with Gasteiger partial charge >= 0.3 is 5.97 Å². The minimum atomic E-state index is -0.915. The van der Waals surface area contributed by atoms with Gasteiger partial charge in [-0.1, -0.05) is 30.3 Å². The number of fused-ring (bicyclic) bond motifs is 1. The first-order valence-electron chi connectivity index (χ1n) is 11.3. The number of amides is 1. The van der Waals surface area contributed by atoms with Crippen molar-refractivity contribution in [3.05, 3.63) is 65.7 Å². The first-order chi connectivity index (χ1) is 15.2. The third kappa shape index (κ3) is 4.05. The number of benzene rings is 2. The number of β-amino-alcohol motifs (C(OH)–C–C–N with tert-alkyl or cyclic N) is 1. The number of likely N-dealkylation sites (N-methyl/N-ethyl adjacent to an activating group) is 1. The number of hydrogen-bond acceptors (Lipinski definition) is 5. The van der Waals surface area contributed by atoms with Gasteiger partial charge in [0.25, 0.3) is 5.91 Å². The van der Waals surface area contributed by atoms with E-state index in [-0.39, 0.29) is 17.9 Å². The topological polar surface area (TPSA) is 70.1 Å². The maximum Gasteiger partial charge on any atom is 0.308 e. The van der Waals surface area contributed by atoms with Crippen LogP contribution in [-0.2, 0) is 10.2 Å². The Labute approximate surface area is 189 Å². The first-order valence-corrected chi connectivity index (χ1v) is 11.3. The fraction of sp³-hybridized carbons (Fsp3) is 0.462. The molecule has 1 heterocycles. The average molecular weight is 437 g/mol. The molecule has 0 aromatic heterocycles. The fourth-order valence-electron chi connectivity index (χ4n) is 5.65. The second-order valence-corrected chi connectivity index (χ2v) is 9.40. The number of carbonyl (C=O) groups excluding carboxylic acids is 2. The number of piperidine rings is 1. The lowest BCUT2D eigenvalue weighted by atomic mass is 9.55. The SMILES string of the molecule is CC(=O)Oc1cccc([C@@]23CCN(C)C[C@@]2(O)CC[C@@H](N(C)C(=O)c2ccccc2)C3)c1. The van der Waals surface area contributed by atoms with Gasteiger partial charge in [-0.3, -0.25) is 9.59 Å². The van der Waals surface area contributed by atoms with Crippen molar-refractivity contribution in [2.24, 2.45) is 0 Å². The largest absolute Gasteiger partial charge is 0.427 e. The Hall–Kier alpha value is -2.70. The molecule has 170 valence electrons. The van der Waals surface area contributed by atoms with Gasteiger partial charge < -0.3 is 19.6 Å². The van der Waals surface area contributed by atoms with E-state index in [1.807, 2.05) is 67.5 Å². The molecule has 0 spiro atoms. The molecule has 0 unspecified atom stereocenters. The van der Waals surface area contributed by atoms with E-state index >= 15 is 0 Å². The van der Waals surface area contributed by atoms with Gasteiger partial charge in [-0.25, -0.2) is 0 Å². The Balaban J connectivity index is 1.69. The molecule has 1 aliphatic carbocycles. The van der Waals surface area contributed by atoms with Gasteiger partial charge in [0.15, 0.2) is 0 Å². The van der Waals surface area contributed by atoms with Crippen molar-refractivity contribution < 1.29 is 19.4 Å². The molecule has 1 saturated carbocycles. The van der Waals surface area contributed by atoms with E-state index in [0.29, 0.717) is 30.7 Å². The summed E-state index contributed by atoms with van der Waals surface area (Å²) in [5.74, 6) is 0.118. The molecular weight excluding hydrogens is 404 g/mol. The predicted octanol–water partition coefficient (Wildman–Crippen LogP) is 3.24. The Morgan fingerprint density at radius 3 is 2.59 bits per heavy atom. The molecule has 32 heavy (non-hydrogen) atoms. The Morgan fingerprint density at radius 1 is 1.12 bits per heavy atom. The molecule has 1 aliphatic heterocycles. The summed E-state index contributed by atoms with van der Waals surface area (Å²) in [6.07, 6.45) is 2.78. The van der Waals surface area contributed by atoms with Crippen molar-refractivity contribution in [2.75, 3.05) is 27.2 Å². The fourth-order valence-corrected chi connectivity index (χ4v) is 5.65. The van der Waals surface area contributed by atoms with E-state index in [9.17, 15) is 14.7 Å². The number of esters is 1. The zero-order valence-electron chi connectivity index (χ0n) is 19.1. The lowest BCUT2D eigenvalue weighted by Gasteiger charge is -2.58. The zero-order chi connectivity index (χ0) is 22.9. The van der Waals surface area contributed by atoms with E-state index in [1.54, 1.807) is 6.07 Å². The summed E-state index contributed by atoms with van der Waals surface area (Å²) in [5, 5.41) is 11.9. The number of hydrogen-bond donors (Lipinski definition) is 1. The summed E-state index contributed by atoms with van der Waals surface area (Å²) in [4.78, 5) is 28.7. The van der Waals surface area contributed by atoms with Crippen LogP contribution in [0.1, 0.15) is 48.5 Å². The summed E-state index contributed by atoms with van der Waals surface area (Å²) in [5.41, 5.74) is 0.202. The standard InChI is InChI=1S/C26H32N2O4/c1-19(29)32-23-11-7-10-21(16-23)25-14-15-27(2)18-26(25,31)13-12-22(17-25)28(3)24(30)20-8-5-4-6-9-20/h4-11,16,22,31H,12-15,17-18H2,1-3H3/t22-,25+,26+/m1/s1. The number of carbonyl (C=O) groups is 2. The molecule has 3 atom stereocenters. The Bertz CT molecular complexity index is 994. The molecule has 1 amide bonds. The van der Waals surface area contributed by atoms with Crippen LogP contribution in [0, 0.1) is 0 Å². The highest BCUT2D eigenvalue weighted by Gasteiger charge is 2.57. The zero-order valence-corrected chi connectivity index (χ0v) is 19.1. The number of likely N-dealkylation sites (tertiary alicyclic amines) is 1. The van der Waals surface area contributed by atoms with Crippen LogP contribution in [0.2, 0.25) is 0 Å². The second-order valence-electron chi connectivity index (χ2n) is 9.40. The van der Waals surface area contributed by atoms with E-state index in [0.717, 1.165) is 24.9 Å². The van der Waals surface area contributed by atoms with Crippen molar-refractivity contribution in [3.8, 4) is 5.75 Å². The molecule has 2 aliphatic rings. The summed E-state index contributed by atoms with van der Waals surface area (Å²) in [6, 6.07) is 16.9. The monoisotopic (exact) mass is 436 g/mol. The number of nitrogens with zero attached hydrogens (tertiary/aromatic N) is 2. The molecule has 4 rings (SSSR count). The third-order valence-electron chi connectivity index (χ3n) is 7.35. The summed E-state index contributed by atoms with van der Waals surface area (Å²) >= 11 is 0. The van der Waals surface area contributed by atoms with Gasteiger partial charge in [0.1, 0.15) is 5.75 Å². The minimum absolute atomic E-state index is 0.00205. The summed E-state index contributed by atoms with van der Waals surface area (Å²) in [7, 11) is 3.90. The summed E-state index contributed by atoms with van der Waals surface area (Å²) < 4.78 is 5.35. The van der Waals surface area contributed by atoms with E-state index in [1.165, 1.54) is 6.92 Å². The smallest absolute Gasteiger partial charge is 0.308 e. The molecular formula is C26H32N2O4. The molecule has 0 bridgehead atoms. The van der Waals surface area contributed by atoms with Gasteiger partial charge in [0, 0.05) is 37.5 Å². The van der Waals surface area contributed by atoms with Crippen molar-refractivity contribution in [2.45, 2.75) is 49.7 Å². The van der Waals surface area contributed by atoms with Crippen LogP contribution in [0.25, 0.3) is 0 Å². The summed E-state index contributed by atoms with van der Waals surface area (Å²) in [6.45, 7) is 2.81. The normalized spacial score (nSPS) is 27.9. The molecule has 1 N–H and O–H groups in total. The quantitative estimate of drug-likeness (QED) is 0.589. The van der Waals surface area contributed by atoms with Crippen LogP contribution in [-0.4, -0.2) is 65.6 Å². The van der Waals surface area contributed by atoms with Crippen molar-refractivity contribution in [3.63, 3.8) is 0 Å².